The second kappa shape index (κ2) is 7.45. The molecular weight excluding hydrogens is 326 g/mol. The summed E-state index contributed by atoms with van der Waals surface area (Å²) in [5.74, 6) is -0.148. The molecule has 3 rings (SSSR count). The number of nitrogens with zero attached hydrogens (tertiary/aromatic N) is 2. The molecule has 1 aliphatic rings. The maximum atomic E-state index is 12.7. The van der Waals surface area contributed by atoms with Crippen molar-refractivity contribution in [2.24, 2.45) is 7.05 Å². The molecular formula is C18H26ClN3O2. The van der Waals surface area contributed by atoms with Gasteiger partial charge in [0.1, 0.15) is 5.56 Å². The molecule has 132 valence electrons. The average molecular weight is 352 g/mol. The molecule has 1 saturated heterocycles. The molecule has 0 radical (unpaired) electrons. The van der Waals surface area contributed by atoms with Crippen LogP contribution < -0.4 is 5.32 Å². The normalized spacial score (nSPS) is 16.3. The molecule has 2 heterocycles. The van der Waals surface area contributed by atoms with Crippen LogP contribution in [0.4, 0.5) is 0 Å². The SMILES string of the molecule is CC(C)N1CCC(NC(=O)c2c(O)n(C)c3ccccc23)CC1.Cl. The first-order chi connectivity index (χ1) is 11.0. The van der Waals surface area contributed by atoms with Crippen molar-refractivity contribution in [3.63, 3.8) is 0 Å². The van der Waals surface area contributed by atoms with Gasteiger partial charge >= 0.3 is 0 Å². The van der Waals surface area contributed by atoms with Crippen molar-refractivity contribution < 1.29 is 9.90 Å². The van der Waals surface area contributed by atoms with Crippen LogP contribution in [0.5, 0.6) is 5.88 Å². The molecule has 0 aliphatic carbocycles. The summed E-state index contributed by atoms with van der Waals surface area (Å²) in [4.78, 5) is 15.1. The lowest BCUT2D eigenvalue weighted by Crippen LogP contribution is -2.46. The smallest absolute Gasteiger partial charge is 0.257 e. The van der Waals surface area contributed by atoms with E-state index in [0.29, 0.717) is 11.6 Å². The standard InChI is InChI=1S/C18H25N3O2.ClH/c1-12(2)21-10-8-13(9-11-21)19-17(22)16-14-6-4-5-7-15(14)20(3)18(16)23;/h4-7,12-13,23H,8-11H2,1-3H3,(H,19,22);1H. The predicted molar refractivity (Wildman–Crippen MR) is 99.0 cm³/mol. The molecule has 2 N–H and O–H groups in total. The number of rotatable bonds is 3. The maximum Gasteiger partial charge on any atom is 0.257 e. The number of aromatic hydroxyl groups is 1. The summed E-state index contributed by atoms with van der Waals surface area (Å²) in [5, 5.41) is 14.2. The number of piperidine rings is 1. The van der Waals surface area contributed by atoms with Crippen LogP contribution in [0.25, 0.3) is 10.9 Å². The number of aryl methyl sites for hydroxylation is 1. The van der Waals surface area contributed by atoms with Crippen LogP contribution in [-0.4, -0.2) is 45.7 Å². The Hall–Kier alpha value is -1.72. The van der Waals surface area contributed by atoms with E-state index < -0.39 is 0 Å². The van der Waals surface area contributed by atoms with E-state index in [1.54, 1.807) is 11.6 Å². The number of fused-ring (bicyclic) bond motifs is 1. The first-order valence-electron chi connectivity index (χ1n) is 8.30. The highest BCUT2D eigenvalue weighted by Gasteiger charge is 2.26. The van der Waals surface area contributed by atoms with Gasteiger partial charge < -0.3 is 19.9 Å². The number of nitrogens with one attached hydrogen (secondary N) is 1. The minimum atomic E-state index is -0.178. The molecule has 1 amide bonds. The minimum Gasteiger partial charge on any atom is -0.494 e. The van der Waals surface area contributed by atoms with Crippen molar-refractivity contribution >= 4 is 29.2 Å². The van der Waals surface area contributed by atoms with Crippen LogP contribution in [0, 0.1) is 0 Å². The van der Waals surface area contributed by atoms with Crippen LogP contribution in [0.3, 0.4) is 0 Å². The van der Waals surface area contributed by atoms with Crippen LogP contribution in [-0.2, 0) is 7.05 Å². The molecule has 0 atom stereocenters. The molecule has 0 saturated carbocycles. The molecule has 1 aromatic heterocycles. The topological polar surface area (TPSA) is 57.5 Å². The summed E-state index contributed by atoms with van der Waals surface area (Å²) >= 11 is 0. The van der Waals surface area contributed by atoms with Gasteiger partial charge in [0.25, 0.3) is 5.91 Å². The number of aromatic nitrogens is 1. The molecule has 1 aromatic carbocycles. The summed E-state index contributed by atoms with van der Waals surface area (Å²) < 4.78 is 1.66. The van der Waals surface area contributed by atoms with Crippen molar-refractivity contribution in [1.29, 1.82) is 0 Å². The number of halogens is 1. The number of hydrogen-bond donors (Lipinski definition) is 2. The third-order valence-corrected chi connectivity index (χ3v) is 4.90. The molecule has 1 fully saturated rings. The van der Waals surface area contributed by atoms with Gasteiger partial charge in [-0.2, -0.15) is 0 Å². The first-order valence-corrected chi connectivity index (χ1v) is 8.30. The van der Waals surface area contributed by atoms with Crippen molar-refractivity contribution in [3.8, 4) is 5.88 Å². The fourth-order valence-corrected chi connectivity index (χ4v) is 3.42. The number of benzene rings is 1. The highest BCUT2D eigenvalue weighted by atomic mass is 35.5. The Morgan fingerprint density at radius 2 is 1.88 bits per heavy atom. The van der Waals surface area contributed by atoms with E-state index in [4.69, 9.17) is 0 Å². The first kappa shape index (κ1) is 18.6. The average Bonchev–Trinajstić information content (AvgIpc) is 2.80. The molecule has 24 heavy (non-hydrogen) atoms. The maximum absolute atomic E-state index is 12.7. The number of amides is 1. The molecule has 0 unspecified atom stereocenters. The van der Waals surface area contributed by atoms with Gasteiger partial charge in [0.05, 0.1) is 5.52 Å². The van der Waals surface area contributed by atoms with Gasteiger partial charge in [-0.3, -0.25) is 4.79 Å². The van der Waals surface area contributed by atoms with E-state index >= 15 is 0 Å². The van der Waals surface area contributed by atoms with E-state index in [-0.39, 0.29) is 30.2 Å². The largest absolute Gasteiger partial charge is 0.494 e. The Labute approximate surface area is 149 Å². The van der Waals surface area contributed by atoms with Gasteiger partial charge in [-0.1, -0.05) is 18.2 Å². The Balaban J connectivity index is 0.00000208. The van der Waals surface area contributed by atoms with E-state index in [1.165, 1.54) is 0 Å². The van der Waals surface area contributed by atoms with Crippen molar-refractivity contribution in [1.82, 2.24) is 14.8 Å². The van der Waals surface area contributed by atoms with Gasteiger partial charge in [0, 0.05) is 37.6 Å². The zero-order chi connectivity index (χ0) is 16.6. The molecule has 0 spiro atoms. The summed E-state index contributed by atoms with van der Waals surface area (Å²) in [5.41, 5.74) is 1.25. The van der Waals surface area contributed by atoms with Gasteiger partial charge in [0.2, 0.25) is 5.88 Å². The van der Waals surface area contributed by atoms with Crippen molar-refractivity contribution in [3.05, 3.63) is 29.8 Å². The second-order valence-electron chi connectivity index (χ2n) is 6.65. The number of para-hydroxylation sites is 1. The third-order valence-electron chi connectivity index (χ3n) is 4.90. The summed E-state index contributed by atoms with van der Waals surface area (Å²) in [7, 11) is 1.77. The molecule has 0 bridgehead atoms. The zero-order valence-corrected chi connectivity index (χ0v) is 15.3. The van der Waals surface area contributed by atoms with Crippen LogP contribution in [0.2, 0.25) is 0 Å². The lowest BCUT2D eigenvalue weighted by molar-refractivity contribution is 0.0899. The second-order valence-corrected chi connectivity index (χ2v) is 6.65. The number of carbonyl (C=O) groups excluding carboxylic acids is 1. The minimum absolute atomic E-state index is 0. The third kappa shape index (κ3) is 3.37. The van der Waals surface area contributed by atoms with Crippen LogP contribution in [0.15, 0.2) is 24.3 Å². The fraction of sp³-hybridized carbons (Fsp3) is 0.500. The molecule has 1 aliphatic heterocycles. The van der Waals surface area contributed by atoms with E-state index in [0.717, 1.165) is 36.8 Å². The summed E-state index contributed by atoms with van der Waals surface area (Å²) in [6.45, 7) is 6.41. The molecule has 2 aromatic rings. The van der Waals surface area contributed by atoms with Crippen molar-refractivity contribution in [2.45, 2.75) is 38.8 Å². The summed E-state index contributed by atoms with van der Waals surface area (Å²) in [6.07, 6.45) is 1.91. The Morgan fingerprint density at radius 3 is 2.50 bits per heavy atom. The lowest BCUT2D eigenvalue weighted by Gasteiger charge is -2.34. The van der Waals surface area contributed by atoms with Gasteiger partial charge in [-0.25, -0.2) is 0 Å². The fourth-order valence-electron chi connectivity index (χ4n) is 3.42. The monoisotopic (exact) mass is 351 g/mol. The highest BCUT2D eigenvalue weighted by Crippen LogP contribution is 2.30. The predicted octanol–water partition coefficient (Wildman–Crippen LogP) is 2.91. The van der Waals surface area contributed by atoms with Gasteiger partial charge in [-0.05, 0) is 32.8 Å². The Morgan fingerprint density at radius 1 is 1.25 bits per heavy atom. The highest BCUT2D eigenvalue weighted by molar-refractivity contribution is 6.09. The molecule has 5 nitrogen and oxygen atoms in total. The lowest BCUT2D eigenvalue weighted by atomic mass is 10.0. The molecule has 6 heteroatoms. The van der Waals surface area contributed by atoms with Crippen LogP contribution in [0.1, 0.15) is 37.0 Å². The quantitative estimate of drug-likeness (QED) is 0.894. The Kier molecular flexibility index (Phi) is 5.78. The summed E-state index contributed by atoms with van der Waals surface area (Å²) in [6, 6.07) is 8.31. The zero-order valence-electron chi connectivity index (χ0n) is 14.5. The van der Waals surface area contributed by atoms with Crippen molar-refractivity contribution in [2.75, 3.05) is 13.1 Å². The van der Waals surface area contributed by atoms with E-state index in [2.05, 4.69) is 24.1 Å². The number of carbonyl (C=O) groups is 1. The Bertz CT molecular complexity index is 718. The van der Waals surface area contributed by atoms with Gasteiger partial charge in [-0.15, -0.1) is 12.4 Å². The number of likely N-dealkylation sites (tertiary alicyclic amines) is 1. The van der Waals surface area contributed by atoms with Gasteiger partial charge in [0.15, 0.2) is 0 Å². The van der Waals surface area contributed by atoms with E-state index in [9.17, 15) is 9.90 Å². The number of hydrogen-bond acceptors (Lipinski definition) is 3. The van der Waals surface area contributed by atoms with Crippen LogP contribution >= 0.6 is 12.4 Å². The van der Waals surface area contributed by atoms with E-state index in [1.807, 2.05) is 24.3 Å².